The van der Waals surface area contributed by atoms with Crippen molar-refractivity contribution in [3.63, 3.8) is 0 Å². The van der Waals surface area contributed by atoms with Crippen molar-refractivity contribution in [2.24, 2.45) is 0 Å². The maximum absolute atomic E-state index is 6.40. The zero-order valence-electron chi connectivity index (χ0n) is 17.6. The molecule has 8 heteroatoms. The molecule has 2 aliphatic rings. The molecule has 0 spiro atoms. The van der Waals surface area contributed by atoms with Gasteiger partial charge in [-0.1, -0.05) is 0 Å². The number of piperidine rings is 1. The topological polar surface area (TPSA) is 68.5 Å². The Kier molecular flexibility index (Phi) is 5.26. The second-order valence-electron chi connectivity index (χ2n) is 8.19. The number of anilines is 1. The number of morpholine rings is 1. The van der Waals surface area contributed by atoms with Gasteiger partial charge in [0, 0.05) is 43.7 Å². The fraction of sp³-hybridized carbons (Fsp3) is 0.500. The van der Waals surface area contributed by atoms with Crippen LogP contribution >= 0.6 is 0 Å². The van der Waals surface area contributed by atoms with Crippen LogP contribution in [0.25, 0.3) is 16.7 Å². The molecule has 158 valence electrons. The number of nitrogens with zero attached hydrogens (tertiary/aromatic N) is 6. The van der Waals surface area contributed by atoms with Gasteiger partial charge in [0.15, 0.2) is 5.82 Å². The van der Waals surface area contributed by atoms with E-state index in [2.05, 4.69) is 51.0 Å². The highest BCUT2D eigenvalue weighted by Gasteiger charge is 2.20. The first-order valence-electron chi connectivity index (χ1n) is 10.7. The van der Waals surface area contributed by atoms with Gasteiger partial charge in [-0.05, 0) is 38.4 Å². The van der Waals surface area contributed by atoms with Crippen LogP contribution in [0.15, 0.2) is 30.7 Å². The minimum Gasteiger partial charge on any atom is -0.490 e. The predicted molar refractivity (Wildman–Crippen MR) is 116 cm³/mol. The van der Waals surface area contributed by atoms with Crippen LogP contribution in [0.1, 0.15) is 18.4 Å². The number of aryl methyl sites for hydroxylation is 1. The molecule has 0 atom stereocenters. The number of benzene rings is 1. The number of fused-ring (bicyclic) bond motifs is 1. The summed E-state index contributed by atoms with van der Waals surface area (Å²) in [6, 6.07) is 6.24. The summed E-state index contributed by atoms with van der Waals surface area (Å²) in [7, 11) is 2.17. The number of hydrogen-bond acceptors (Lipinski definition) is 7. The van der Waals surface area contributed by atoms with Crippen LogP contribution in [0.4, 0.5) is 5.82 Å². The molecule has 30 heavy (non-hydrogen) atoms. The smallest absolute Gasteiger partial charge is 0.159 e. The Labute approximate surface area is 176 Å². The SMILES string of the molecule is Cc1cc2cnn(-c3cc(N4CCOCC4)ncn3)c2cc1OC1CCN(C)CC1. The summed E-state index contributed by atoms with van der Waals surface area (Å²) >= 11 is 0. The molecule has 3 aromatic rings. The Balaban J connectivity index is 1.45. The van der Waals surface area contributed by atoms with E-state index in [1.54, 1.807) is 6.33 Å². The molecule has 2 saturated heterocycles. The first-order chi connectivity index (χ1) is 14.7. The molecule has 0 unspecified atom stereocenters. The van der Waals surface area contributed by atoms with Gasteiger partial charge in [0.05, 0.1) is 24.9 Å². The van der Waals surface area contributed by atoms with E-state index in [0.717, 1.165) is 86.1 Å². The molecule has 0 bridgehead atoms. The molecule has 0 aliphatic carbocycles. The average Bonchev–Trinajstić information content (AvgIpc) is 3.19. The monoisotopic (exact) mass is 408 g/mol. The molecule has 0 saturated carbocycles. The molecule has 4 heterocycles. The molecular weight excluding hydrogens is 380 g/mol. The van der Waals surface area contributed by atoms with Gasteiger partial charge >= 0.3 is 0 Å². The molecule has 2 aliphatic heterocycles. The van der Waals surface area contributed by atoms with Crippen LogP contribution in [0.3, 0.4) is 0 Å². The highest BCUT2D eigenvalue weighted by molar-refractivity contribution is 5.82. The molecule has 5 rings (SSSR count). The molecule has 2 aromatic heterocycles. The number of hydrogen-bond donors (Lipinski definition) is 0. The molecular formula is C22H28N6O2. The van der Waals surface area contributed by atoms with Crippen molar-refractivity contribution in [1.29, 1.82) is 0 Å². The van der Waals surface area contributed by atoms with E-state index in [4.69, 9.17) is 9.47 Å². The Morgan fingerprint density at radius 1 is 1.00 bits per heavy atom. The third-order valence-electron chi connectivity index (χ3n) is 6.01. The van der Waals surface area contributed by atoms with Crippen LogP contribution in [-0.4, -0.2) is 77.2 Å². The zero-order chi connectivity index (χ0) is 20.5. The molecule has 1 aromatic carbocycles. The molecule has 0 N–H and O–H groups in total. The second kappa shape index (κ2) is 8.20. The first-order valence-corrected chi connectivity index (χ1v) is 10.7. The van der Waals surface area contributed by atoms with Crippen molar-refractivity contribution in [2.75, 3.05) is 51.3 Å². The summed E-state index contributed by atoms with van der Waals surface area (Å²) in [5.41, 5.74) is 2.13. The molecule has 0 radical (unpaired) electrons. The fourth-order valence-electron chi connectivity index (χ4n) is 4.18. The standard InChI is InChI=1S/C22H28N6O2/c1-16-11-17-14-25-28(19(17)12-20(16)30-18-3-5-26(2)6-4-18)22-13-21(23-15-24-22)27-7-9-29-10-8-27/h11-15,18H,3-10H2,1-2H3. The average molecular weight is 409 g/mol. The molecule has 2 fully saturated rings. The number of likely N-dealkylation sites (tertiary alicyclic amines) is 1. The van der Waals surface area contributed by atoms with E-state index in [0.29, 0.717) is 0 Å². The Hall–Kier alpha value is -2.71. The fourth-order valence-corrected chi connectivity index (χ4v) is 4.18. The summed E-state index contributed by atoms with van der Waals surface area (Å²) in [6.45, 7) is 7.38. The summed E-state index contributed by atoms with van der Waals surface area (Å²) in [5, 5.41) is 5.69. The maximum Gasteiger partial charge on any atom is 0.159 e. The van der Waals surface area contributed by atoms with E-state index in [1.165, 1.54) is 0 Å². The summed E-state index contributed by atoms with van der Waals surface area (Å²) < 4.78 is 13.7. The van der Waals surface area contributed by atoms with Crippen LogP contribution in [0, 0.1) is 6.92 Å². The van der Waals surface area contributed by atoms with E-state index in [9.17, 15) is 0 Å². The predicted octanol–water partition coefficient (Wildman–Crippen LogP) is 2.43. The number of ether oxygens (including phenoxy) is 2. The van der Waals surface area contributed by atoms with Gasteiger partial charge in [-0.3, -0.25) is 0 Å². The van der Waals surface area contributed by atoms with Crippen molar-refractivity contribution >= 4 is 16.7 Å². The lowest BCUT2D eigenvalue weighted by Gasteiger charge is -2.29. The van der Waals surface area contributed by atoms with Gasteiger partial charge in [0.1, 0.15) is 24.0 Å². The Bertz CT molecular complexity index is 1020. The van der Waals surface area contributed by atoms with Crippen molar-refractivity contribution in [3.05, 3.63) is 36.3 Å². The zero-order valence-corrected chi connectivity index (χ0v) is 17.6. The quantitative estimate of drug-likeness (QED) is 0.657. The van der Waals surface area contributed by atoms with Gasteiger partial charge in [0.2, 0.25) is 0 Å². The van der Waals surface area contributed by atoms with Crippen LogP contribution < -0.4 is 9.64 Å². The largest absolute Gasteiger partial charge is 0.490 e. The number of aromatic nitrogens is 4. The van der Waals surface area contributed by atoms with Gasteiger partial charge in [0.25, 0.3) is 0 Å². The van der Waals surface area contributed by atoms with Crippen LogP contribution in [0.2, 0.25) is 0 Å². The summed E-state index contributed by atoms with van der Waals surface area (Å²) in [6.07, 6.45) is 5.88. The summed E-state index contributed by atoms with van der Waals surface area (Å²) in [5.74, 6) is 2.60. The highest BCUT2D eigenvalue weighted by Crippen LogP contribution is 2.29. The van der Waals surface area contributed by atoms with Gasteiger partial charge < -0.3 is 19.3 Å². The minimum absolute atomic E-state index is 0.265. The van der Waals surface area contributed by atoms with Gasteiger partial charge in [-0.2, -0.15) is 5.10 Å². The van der Waals surface area contributed by atoms with Crippen molar-refractivity contribution in [1.82, 2.24) is 24.6 Å². The van der Waals surface area contributed by atoms with E-state index < -0.39 is 0 Å². The maximum atomic E-state index is 6.40. The van der Waals surface area contributed by atoms with Crippen LogP contribution in [-0.2, 0) is 4.74 Å². The van der Waals surface area contributed by atoms with E-state index in [-0.39, 0.29) is 6.10 Å². The third-order valence-corrected chi connectivity index (χ3v) is 6.01. The summed E-state index contributed by atoms with van der Waals surface area (Å²) in [4.78, 5) is 13.5. The van der Waals surface area contributed by atoms with Crippen molar-refractivity contribution < 1.29 is 9.47 Å². The highest BCUT2D eigenvalue weighted by atomic mass is 16.5. The lowest BCUT2D eigenvalue weighted by Crippen LogP contribution is -2.36. The van der Waals surface area contributed by atoms with Gasteiger partial charge in [-0.15, -0.1) is 0 Å². The van der Waals surface area contributed by atoms with E-state index in [1.807, 2.05) is 16.9 Å². The minimum atomic E-state index is 0.265. The lowest BCUT2D eigenvalue weighted by molar-refractivity contribution is 0.114. The lowest BCUT2D eigenvalue weighted by atomic mass is 10.1. The Morgan fingerprint density at radius 2 is 1.77 bits per heavy atom. The first kappa shape index (κ1) is 19.3. The third kappa shape index (κ3) is 3.85. The Morgan fingerprint density at radius 3 is 2.57 bits per heavy atom. The molecule has 0 amide bonds. The van der Waals surface area contributed by atoms with Crippen molar-refractivity contribution in [3.8, 4) is 11.6 Å². The normalized spacial score (nSPS) is 18.8. The molecule has 8 nitrogen and oxygen atoms in total. The van der Waals surface area contributed by atoms with Crippen molar-refractivity contribution in [2.45, 2.75) is 25.9 Å². The number of rotatable bonds is 4. The van der Waals surface area contributed by atoms with E-state index >= 15 is 0 Å². The van der Waals surface area contributed by atoms with Gasteiger partial charge in [-0.25, -0.2) is 14.6 Å². The van der Waals surface area contributed by atoms with Crippen LogP contribution in [0.5, 0.6) is 5.75 Å². The second-order valence-corrected chi connectivity index (χ2v) is 8.19.